The molecule has 1 heterocycles. The topological polar surface area (TPSA) is 36.7 Å². The van der Waals surface area contributed by atoms with Gasteiger partial charge in [-0.15, -0.1) is 5.69 Å². The molecule has 12 heavy (non-hydrogen) atoms. The first-order valence-electron chi connectivity index (χ1n) is 3.43. The number of fused-ring (bicyclic) bond motifs is 1. The maximum atomic E-state index is 7.50. The van der Waals surface area contributed by atoms with Crippen LogP contribution in [0.3, 0.4) is 0 Å². The van der Waals surface area contributed by atoms with Crippen LogP contribution in [-0.2, 0) is 0 Å². The fraction of sp³-hybridized carbons (Fsp3) is 0. The van der Waals surface area contributed by atoms with Gasteiger partial charge in [0.25, 0.3) is 0 Å². The number of benzene rings is 1. The first kappa shape index (κ1) is 9.12. The maximum Gasteiger partial charge on any atom is 1.00 e. The molecule has 0 aliphatic carbocycles. The molecule has 2 nitrogen and oxygen atoms in total. The SMILES string of the molecule is [Li+].[NH-]c1cccc2cccnc12. The van der Waals surface area contributed by atoms with Gasteiger partial charge in [-0.25, -0.2) is 0 Å². The van der Waals surface area contributed by atoms with Crippen molar-refractivity contribution in [2.75, 3.05) is 0 Å². The molecule has 0 unspecified atom stereocenters. The molecule has 0 radical (unpaired) electrons. The molecule has 0 amide bonds. The van der Waals surface area contributed by atoms with Crippen LogP contribution in [0, 0.1) is 0 Å². The van der Waals surface area contributed by atoms with Crippen molar-refractivity contribution < 1.29 is 18.9 Å². The molecular weight excluding hydrogens is 143 g/mol. The van der Waals surface area contributed by atoms with Gasteiger partial charge in [-0.3, -0.25) is 4.98 Å². The van der Waals surface area contributed by atoms with Gasteiger partial charge in [-0.05, 0) is 11.5 Å². The van der Waals surface area contributed by atoms with Gasteiger partial charge in [0.05, 0.1) is 5.52 Å². The smallest absolute Gasteiger partial charge is 0.697 e. The van der Waals surface area contributed by atoms with Gasteiger partial charge in [0, 0.05) is 6.20 Å². The first-order chi connectivity index (χ1) is 5.38. The van der Waals surface area contributed by atoms with Crippen LogP contribution >= 0.6 is 0 Å². The Morgan fingerprint density at radius 3 is 2.58 bits per heavy atom. The first-order valence-corrected chi connectivity index (χ1v) is 3.43. The van der Waals surface area contributed by atoms with Crippen molar-refractivity contribution in [3.63, 3.8) is 0 Å². The van der Waals surface area contributed by atoms with Crippen molar-refractivity contribution >= 4 is 16.6 Å². The van der Waals surface area contributed by atoms with E-state index < -0.39 is 0 Å². The molecule has 0 aliphatic rings. The number of aromatic nitrogens is 1. The molecule has 3 heteroatoms. The number of nitrogens with zero attached hydrogens (tertiary/aromatic N) is 1. The third kappa shape index (κ3) is 1.45. The number of para-hydroxylation sites is 1. The second-order valence-corrected chi connectivity index (χ2v) is 2.38. The van der Waals surface area contributed by atoms with Crippen molar-refractivity contribution in [1.29, 1.82) is 0 Å². The van der Waals surface area contributed by atoms with Crippen LogP contribution in [0.15, 0.2) is 36.5 Å². The molecule has 1 aromatic carbocycles. The van der Waals surface area contributed by atoms with Gasteiger partial charge in [0.1, 0.15) is 0 Å². The van der Waals surface area contributed by atoms with Crippen molar-refractivity contribution in [3.05, 3.63) is 42.3 Å². The van der Waals surface area contributed by atoms with Crippen LogP contribution in [0.4, 0.5) is 5.69 Å². The van der Waals surface area contributed by atoms with Crippen LogP contribution in [0.2, 0.25) is 0 Å². The third-order valence-electron chi connectivity index (χ3n) is 1.63. The second kappa shape index (κ2) is 3.62. The standard InChI is InChI=1S/C9H7N2.Li/c10-8-5-1-3-7-4-2-6-11-9(7)8;/h1-6,10H;/q-1;+1. The largest absolute Gasteiger partial charge is 1.00 e. The summed E-state index contributed by atoms with van der Waals surface area (Å²) >= 11 is 0. The van der Waals surface area contributed by atoms with Gasteiger partial charge < -0.3 is 5.73 Å². The van der Waals surface area contributed by atoms with Crippen LogP contribution < -0.4 is 18.9 Å². The molecule has 0 atom stereocenters. The van der Waals surface area contributed by atoms with Gasteiger partial charge in [-0.1, -0.05) is 24.3 Å². The summed E-state index contributed by atoms with van der Waals surface area (Å²) in [6.07, 6.45) is 1.71. The normalized spacial score (nSPS) is 9.33. The average molecular weight is 150 g/mol. The Bertz CT molecular complexity index is 382. The van der Waals surface area contributed by atoms with Gasteiger partial charge in [0.15, 0.2) is 0 Å². The van der Waals surface area contributed by atoms with Gasteiger partial charge >= 0.3 is 18.9 Å². The van der Waals surface area contributed by atoms with Crippen LogP contribution in [0.5, 0.6) is 0 Å². The van der Waals surface area contributed by atoms with Crippen LogP contribution in [0.1, 0.15) is 0 Å². The Labute approximate surface area is 83.0 Å². The van der Waals surface area contributed by atoms with Gasteiger partial charge in [0.2, 0.25) is 0 Å². The van der Waals surface area contributed by atoms with E-state index in [-0.39, 0.29) is 18.9 Å². The van der Waals surface area contributed by atoms with E-state index >= 15 is 0 Å². The summed E-state index contributed by atoms with van der Waals surface area (Å²) in [5.74, 6) is 0. The fourth-order valence-electron chi connectivity index (χ4n) is 1.10. The number of hydrogen-bond donors (Lipinski definition) is 0. The minimum Gasteiger partial charge on any atom is -0.697 e. The van der Waals surface area contributed by atoms with E-state index in [9.17, 15) is 0 Å². The number of nitrogens with one attached hydrogen (secondary N) is 1. The number of rotatable bonds is 0. The van der Waals surface area contributed by atoms with Crippen LogP contribution in [0.25, 0.3) is 16.6 Å². The van der Waals surface area contributed by atoms with Crippen molar-refractivity contribution in [2.45, 2.75) is 0 Å². The summed E-state index contributed by atoms with van der Waals surface area (Å²) in [5, 5.41) is 1.03. The van der Waals surface area contributed by atoms with Crippen molar-refractivity contribution in [1.82, 2.24) is 4.98 Å². The van der Waals surface area contributed by atoms with Crippen LogP contribution in [-0.4, -0.2) is 4.98 Å². The minimum atomic E-state index is 0. The van der Waals surface area contributed by atoms with E-state index in [1.54, 1.807) is 12.3 Å². The summed E-state index contributed by atoms with van der Waals surface area (Å²) in [7, 11) is 0. The molecule has 54 valence electrons. The summed E-state index contributed by atoms with van der Waals surface area (Å²) in [6.45, 7) is 0. The van der Waals surface area contributed by atoms with E-state index in [1.165, 1.54) is 0 Å². The molecule has 1 N–H and O–H groups in total. The van der Waals surface area contributed by atoms with E-state index in [1.807, 2.05) is 24.3 Å². The third-order valence-corrected chi connectivity index (χ3v) is 1.63. The summed E-state index contributed by atoms with van der Waals surface area (Å²) < 4.78 is 0. The Morgan fingerprint density at radius 1 is 1.08 bits per heavy atom. The predicted octanol–water partition coefficient (Wildman–Crippen LogP) is -0.0775. The maximum absolute atomic E-state index is 7.50. The van der Waals surface area contributed by atoms with E-state index in [4.69, 9.17) is 5.73 Å². The molecule has 2 aromatic rings. The molecule has 0 saturated heterocycles. The Balaban J connectivity index is 0.000000720. The average Bonchev–Trinajstić information content (AvgIpc) is 2.06. The summed E-state index contributed by atoms with van der Waals surface area (Å²) in [6, 6.07) is 9.41. The monoisotopic (exact) mass is 150 g/mol. The van der Waals surface area contributed by atoms with Crippen molar-refractivity contribution in [3.8, 4) is 0 Å². The molecule has 0 aliphatic heterocycles. The zero-order valence-corrected chi connectivity index (χ0v) is 6.91. The summed E-state index contributed by atoms with van der Waals surface area (Å²) in [4.78, 5) is 4.09. The van der Waals surface area contributed by atoms with E-state index in [0.29, 0.717) is 5.69 Å². The molecule has 0 saturated carbocycles. The second-order valence-electron chi connectivity index (χ2n) is 2.38. The fourth-order valence-corrected chi connectivity index (χ4v) is 1.10. The quantitative estimate of drug-likeness (QED) is 0.484. The Morgan fingerprint density at radius 2 is 1.83 bits per heavy atom. The molecular formula is C9H7LiN2. The Hall–Kier alpha value is -0.973. The number of pyridine rings is 1. The molecule has 2 rings (SSSR count). The van der Waals surface area contributed by atoms with E-state index in [2.05, 4.69) is 4.98 Å². The molecule has 0 bridgehead atoms. The molecule has 1 aromatic heterocycles. The van der Waals surface area contributed by atoms with Gasteiger partial charge in [-0.2, -0.15) is 0 Å². The number of hydrogen-bond acceptors (Lipinski definition) is 1. The minimum absolute atomic E-state index is 0. The van der Waals surface area contributed by atoms with E-state index in [0.717, 1.165) is 10.9 Å². The Kier molecular flexibility index (Phi) is 2.75. The predicted molar refractivity (Wildman–Crippen MR) is 45.7 cm³/mol. The zero-order valence-electron chi connectivity index (χ0n) is 6.91. The molecule has 0 fully saturated rings. The zero-order chi connectivity index (χ0) is 7.68. The summed E-state index contributed by atoms with van der Waals surface area (Å²) in [5.41, 5.74) is 8.76. The molecule has 0 spiro atoms. The van der Waals surface area contributed by atoms with Crippen molar-refractivity contribution in [2.24, 2.45) is 0 Å².